The number of thiocarbonyl (C=S) groups is 1. The maximum Gasteiger partial charge on any atom is 0.289 e. The summed E-state index contributed by atoms with van der Waals surface area (Å²) in [7, 11) is 0. The van der Waals surface area contributed by atoms with Gasteiger partial charge in [-0.15, -0.1) is 0 Å². The molecule has 4 heteroatoms. The van der Waals surface area contributed by atoms with Crippen LogP contribution in [0, 0.1) is 0 Å². The molecule has 0 fully saturated rings. The molecule has 0 saturated carbocycles. The van der Waals surface area contributed by atoms with Crippen LogP contribution >= 0.6 is 12.2 Å². The van der Waals surface area contributed by atoms with Gasteiger partial charge in [-0.25, -0.2) is 0 Å². The summed E-state index contributed by atoms with van der Waals surface area (Å²) in [6.07, 6.45) is 3.63. The number of hydrogen-bond donors (Lipinski definition) is 0. The summed E-state index contributed by atoms with van der Waals surface area (Å²) in [6.45, 7) is 5.84. The van der Waals surface area contributed by atoms with Crippen molar-refractivity contribution in [2.24, 2.45) is 0 Å². The van der Waals surface area contributed by atoms with Gasteiger partial charge >= 0.3 is 0 Å². The van der Waals surface area contributed by atoms with E-state index in [0.29, 0.717) is 5.17 Å². The first-order valence-electron chi connectivity index (χ1n) is 4.38. The van der Waals surface area contributed by atoms with E-state index in [1.807, 2.05) is 29.4 Å². The lowest BCUT2D eigenvalue weighted by Gasteiger charge is -2.20. The highest BCUT2D eigenvalue weighted by atomic mass is 32.1. The van der Waals surface area contributed by atoms with Crippen LogP contribution in [0.25, 0.3) is 0 Å². The van der Waals surface area contributed by atoms with E-state index in [1.54, 1.807) is 4.73 Å². The van der Waals surface area contributed by atoms with Crippen LogP contribution in [0.2, 0.25) is 0 Å². The fourth-order valence-corrected chi connectivity index (χ4v) is 1.35. The molecule has 0 amide bonds. The van der Waals surface area contributed by atoms with E-state index < -0.39 is 0 Å². The Morgan fingerprint density at radius 3 is 2.31 bits per heavy atom. The van der Waals surface area contributed by atoms with E-state index >= 15 is 0 Å². The van der Waals surface area contributed by atoms with E-state index in [1.165, 1.54) is 0 Å². The zero-order valence-electron chi connectivity index (χ0n) is 7.93. The molecule has 1 aromatic heterocycles. The highest BCUT2D eigenvalue weighted by Gasteiger charge is 2.06. The van der Waals surface area contributed by atoms with Crippen molar-refractivity contribution < 1.29 is 4.84 Å². The maximum absolute atomic E-state index is 5.37. The van der Waals surface area contributed by atoms with Crippen molar-refractivity contribution in [1.82, 2.24) is 9.63 Å². The second-order valence-electron chi connectivity index (χ2n) is 2.57. The predicted molar refractivity (Wildman–Crippen MR) is 56.5 cm³/mol. The lowest BCUT2D eigenvalue weighted by Crippen LogP contribution is -2.36. The number of nitrogens with zero attached hydrogens (tertiary/aromatic N) is 2. The molecule has 0 aliphatic heterocycles. The molecule has 13 heavy (non-hydrogen) atoms. The highest BCUT2D eigenvalue weighted by Crippen LogP contribution is 1.93. The zero-order valence-corrected chi connectivity index (χ0v) is 8.75. The topological polar surface area (TPSA) is 17.4 Å². The van der Waals surface area contributed by atoms with Crippen LogP contribution in [0.1, 0.15) is 13.8 Å². The number of rotatable bonds is 3. The molecule has 0 aliphatic carbocycles. The summed E-state index contributed by atoms with van der Waals surface area (Å²) in [5, 5.41) is 0.515. The smallest absolute Gasteiger partial charge is 0.289 e. The van der Waals surface area contributed by atoms with Crippen molar-refractivity contribution in [1.29, 1.82) is 0 Å². The molecule has 1 aromatic rings. The van der Waals surface area contributed by atoms with Crippen molar-refractivity contribution in [3.8, 4) is 0 Å². The second-order valence-corrected chi connectivity index (χ2v) is 2.92. The average Bonchev–Trinajstić information content (AvgIpc) is 2.59. The van der Waals surface area contributed by atoms with Crippen LogP contribution < -0.4 is 4.84 Å². The zero-order chi connectivity index (χ0) is 9.68. The summed E-state index contributed by atoms with van der Waals surface area (Å²) in [5.41, 5.74) is 0. The van der Waals surface area contributed by atoms with Crippen LogP contribution in [-0.4, -0.2) is 27.9 Å². The van der Waals surface area contributed by atoms with Gasteiger partial charge in [0.2, 0.25) is 0 Å². The highest BCUT2D eigenvalue weighted by molar-refractivity contribution is 7.80. The summed E-state index contributed by atoms with van der Waals surface area (Å²) in [5.74, 6) is 0. The molecular formula is C9H14N2OS. The molecule has 0 unspecified atom stereocenters. The quantitative estimate of drug-likeness (QED) is 0.686. The molecule has 0 bridgehead atoms. The van der Waals surface area contributed by atoms with Gasteiger partial charge in [-0.1, -0.05) is 0 Å². The predicted octanol–water partition coefficient (Wildman–Crippen LogP) is 1.54. The third-order valence-electron chi connectivity index (χ3n) is 1.78. The van der Waals surface area contributed by atoms with Crippen molar-refractivity contribution >= 4 is 17.4 Å². The summed E-state index contributed by atoms with van der Waals surface area (Å²) in [4.78, 5) is 7.35. The van der Waals surface area contributed by atoms with E-state index in [2.05, 4.69) is 13.8 Å². The average molecular weight is 198 g/mol. The third-order valence-corrected chi connectivity index (χ3v) is 2.11. The first-order valence-corrected chi connectivity index (χ1v) is 4.79. The molecule has 0 aromatic carbocycles. The Bertz CT molecular complexity index is 255. The monoisotopic (exact) mass is 198 g/mol. The van der Waals surface area contributed by atoms with Crippen molar-refractivity contribution in [3.63, 3.8) is 0 Å². The van der Waals surface area contributed by atoms with E-state index in [0.717, 1.165) is 13.1 Å². The van der Waals surface area contributed by atoms with Crippen molar-refractivity contribution in [3.05, 3.63) is 24.5 Å². The standard InChI is InChI=1S/C9H14N2OS/c1-3-10(4-2)9(13)12-11-7-5-6-8-11/h5-8H,3-4H2,1-2H3. The minimum absolute atomic E-state index is 0.515. The molecule has 0 atom stereocenters. The molecule has 0 radical (unpaired) electrons. The van der Waals surface area contributed by atoms with Crippen molar-refractivity contribution in [2.75, 3.05) is 13.1 Å². The van der Waals surface area contributed by atoms with Crippen LogP contribution in [-0.2, 0) is 0 Å². The van der Waals surface area contributed by atoms with Crippen LogP contribution in [0.5, 0.6) is 0 Å². The van der Waals surface area contributed by atoms with E-state index in [9.17, 15) is 0 Å². The first-order chi connectivity index (χ1) is 6.27. The molecule has 72 valence electrons. The molecule has 0 aliphatic rings. The SMILES string of the molecule is CCN(CC)C(=S)On1cccc1. The Morgan fingerprint density at radius 2 is 1.85 bits per heavy atom. The summed E-state index contributed by atoms with van der Waals surface area (Å²) >= 11 is 5.10. The number of aromatic nitrogens is 1. The van der Waals surface area contributed by atoms with Crippen molar-refractivity contribution in [2.45, 2.75) is 13.8 Å². The van der Waals surface area contributed by atoms with E-state index in [4.69, 9.17) is 17.1 Å². The fraction of sp³-hybridized carbons (Fsp3) is 0.444. The molecule has 0 saturated heterocycles. The molecular weight excluding hydrogens is 184 g/mol. The molecule has 0 N–H and O–H groups in total. The minimum Gasteiger partial charge on any atom is -0.345 e. The van der Waals surface area contributed by atoms with Crippen LogP contribution in [0.15, 0.2) is 24.5 Å². The molecule has 1 rings (SSSR count). The minimum atomic E-state index is 0.515. The van der Waals surface area contributed by atoms with Gasteiger partial charge in [0.15, 0.2) is 0 Å². The molecule has 3 nitrogen and oxygen atoms in total. The van der Waals surface area contributed by atoms with Crippen LogP contribution in [0.4, 0.5) is 0 Å². The first kappa shape index (κ1) is 10.1. The Kier molecular flexibility index (Phi) is 3.76. The molecule has 1 heterocycles. The van der Waals surface area contributed by atoms with Gasteiger partial charge in [-0.2, -0.15) is 4.73 Å². The van der Waals surface area contributed by atoms with Gasteiger partial charge in [-0.05, 0) is 38.2 Å². The largest absolute Gasteiger partial charge is 0.345 e. The maximum atomic E-state index is 5.37. The lowest BCUT2D eigenvalue weighted by atomic mass is 10.6. The summed E-state index contributed by atoms with van der Waals surface area (Å²) in [6, 6.07) is 3.79. The van der Waals surface area contributed by atoms with Gasteiger partial charge in [0, 0.05) is 25.5 Å². The Balaban J connectivity index is 2.49. The van der Waals surface area contributed by atoms with Crippen LogP contribution in [0.3, 0.4) is 0 Å². The lowest BCUT2D eigenvalue weighted by molar-refractivity contribution is 0.220. The second kappa shape index (κ2) is 4.87. The Hall–Kier alpha value is -1.03. The van der Waals surface area contributed by atoms with E-state index in [-0.39, 0.29) is 0 Å². The van der Waals surface area contributed by atoms with Gasteiger partial charge < -0.3 is 9.74 Å². The normalized spacial score (nSPS) is 9.69. The van der Waals surface area contributed by atoms with Gasteiger partial charge in [0.05, 0.1) is 0 Å². The summed E-state index contributed by atoms with van der Waals surface area (Å²) < 4.78 is 1.60. The Labute approximate surface area is 83.9 Å². The Morgan fingerprint density at radius 1 is 1.31 bits per heavy atom. The third kappa shape index (κ3) is 2.73. The number of hydrogen-bond acceptors (Lipinski definition) is 2. The van der Waals surface area contributed by atoms with Gasteiger partial charge in [-0.3, -0.25) is 0 Å². The molecule has 0 spiro atoms. The van der Waals surface area contributed by atoms with Gasteiger partial charge in [0.1, 0.15) is 0 Å². The fourth-order valence-electron chi connectivity index (χ4n) is 1.01. The van der Waals surface area contributed by atoms with Gasteiger partial charge in [0.25, 0.3) is 5.17 Å².